The molecule has 0 bridgehead atoms. The van der Waals surface area contributed by atoms with Gasteiger partial charge in [-0.1, -0.05) is 24.3 Å². The van der Waals surface area contributed by atoms with Crippen LogP contribution < -0.4 is 24.3 Å². The molecule has 0 unspecified atom stereocenters. The number of amides is 1. The molecule has 0 saturated carbocycles. The summed E-state index contributed by atoms with van der Waals surface area (Å²) in [5.41, 5.74) is 1.91. The molecule has 3 aromatic rings. The van der Waals surface area contributed by atoms with E-state index >= 15 is 0 Å². The first-order chi connectivity index (χ1) is 15.6. The van der Waals surface area contributed by atoms with Crippen molar-refractivity contribution in [3.8, 4) is 23.0 Å². The predicted octanol–water partition coefficient (Wildman–Crippen LogP) is 3.70. The van der Waals surface area contributed by atoms with Gasteiger partial charge < -0.3 is 24.3 Å². The second-order valence-electron chi connectivity index (χ2n) is 6.84. The quantitative estimate of drug-likeness (QED) is 0.461. The molecule has 0 fully saturated rings. The van der Waals surface area contributed by atoms with Gasteiger partial charge in [-0.25, -0.2) is 4.68 Å². The minimum atomic E-state index is -0.318. The molecule has 0 spiro atoms. The highest BCUT2D eigenvalue weighted by molar-refractivity contribution is 5.91. The molecular weight excluding hydrogens is 410 g/mol. The molecule has 0 saturated heterocycles. The van der Waals surface area contributed by atoms with Gasteiger partial charge in [-0.3, -0.25) is 4.79 Å². The maximum atomic E-state index is 12.5. The first-order valence-electron chi connectivity index (χ1n) is 10.0. The first kappa shape index (κ1) is 22.7. The number of aromatic nitrogens is 2. The van der Waals surface area contributed by atoms with Crippen LogP contribution in [0, 0.1) is 0 Å². The van der Waals surface area contributed by atoms with Crippen LogP contribution in [-0.2, 0) is 17.8 Å². The van der Waals surface area contributed by atoms with Gasteiger partial charge in [0.15, 0.2) is 29.6 Å². The molecule has 2 aromatic carbocycles. The second kappa shape index (κ2) is 10.9. The van der Waals surface area contributed by atoms with Crippen molar-refractivity contribution in [3.05, 3.63) is 72.4 Å². The number of hydrogen-bond donors (Lipinski definition) is 1. The summed E-state index contributed by atoms with van der Waals surface area (Å²) < 4.78 is 23.5. The summed E-state index contributed by atoms with van der Waals surface area (Å²) in [4.78, 5) is 12.5. The summed E-state index contributed by atoms with van der Waals surface area (Å²) in [6, 6.07) is 12.9. The Bertz CT molecular complexity index is 1080. The molecule has 1 heterocycles. The van der Waals surface area contributed by atoms with Crippen molar-refractivity contribution in [1.29, 1.82) is 0 Å². The van der Waals surface area contributed by atoms with Gasteiger partial charge in [-0.15, -0.1) is 6.58 Å². The van der Waals surface area contributed by atoms with E-state index in [1.807, 2.05) is 36.4 Å². The van der Waals surface area contributed by atoms with Gasteiger partial charge in [0.2, 0.25) is 0 Å². The van der Waals surface area contributed by atoms with Gasteiger partial charge >= 0.3 is 0 Å². The fraction of sp³-hybridized carbons (Fsp3) is 0.250. The van der Waals surface area contributed by atoms with Crippen LogP contribution in [0.5, 0.6) is 23.0 Å². The number of carbonyl (C=O) groups excluding carboxylic acids is 1. The van der Waals surface area contributed by atoms with E-state index in [4.69, 9.17) is 18.9 Å². The van der Waals surface area contributed by atoms with E-state index < -0.39 is 0 Å². The van der Waals surface area contributed by atoms with Gasteiger partial charge in [0.05, 0.1) is 34.1 Å². The zero-order valence-electron chi connectivity index (χ0n) is 18.5. The number of anilines is 1. The van der Waals surface area contributed by atoms with E-state index in [1.165, 1.54) is 0 Å². The highest BCUT2D eigenvalue weighted by atomic mass is 16.5. The highest BCUT2D eigenvalue weighted by Gasteiger charge is 2.14. The minimum absolute atomic E-state index is 0.176. The fourth-order valence-corrected chi connectivity index (χ4v) is 3.25. The highest BCUT2D eigenvalue weighted by Crippen LogP contribution is 2.31. The topological polar surface area (TPSA) is 83.8 Å². The normalized spacial score (nSPS) is 10.3. The third-order valence-corrected chi connectivity index (χ3v) is 4.76. The van der Waals surface area contributed by atoms with Crippen LogP contribution in [0.4, 0.5) is 5.82 Å². The largest absolute Gasteiger partial charge is 0.493 e. The van der Waals surface area contributed by atoms with E-state index in [0.29, 0.717) is 35.4 Å². The zero-order chi connectivity index (χ0) is 22.9. The van der Waals surface area contributed by atoms with E-state index in [0.717, 1.165) is 17.5 Å². The maximum Gasteiger partial charge on any atom is 0.263 e. The number of hydrogen-bond acceptors (Lipinski definition) is 6. The zero-order valence-corrected chi connectivity index (χ0v) is 18.5. The molecule has 8 nitrogen and oxygen atoms in total. The smallest absolute Gasteiger partial charge is 0.263 e. The summed E-state index contributed by atoms with van der Waals surface area (Å²) in [5, 5.41) is 7.13. The monoisotopic (exact) mass is 437 g/mol. The molecule has 1 N–H and O–H groups in total. The molecule has 0 aliphatic carbocycles. The Morgan fingerprint density at radius 1 is 1.06 bits per heavy atom. The maximum absolute atomic E-state index is 12.5. The lowest BCUT2D eigenvalue weighted by molar-refractivity contribution is -0.118. The van der Waals surface area contributed by atoms with Crippen LogP contribution >= 0.6 is 0 Å². The number of carbonyl (C=O) groups is 1. The van der Waals surface area contributed by atoms with Crippen molar-refractivity contribution in [3.63, 3.8) is 0 Å². The third-order valence-electron chi connectivity index (χ3n) is 4.76. The van der Waals surface area contributed by atoms with Gasteiger partial charge in [0.25, 0.3) is 5.91 Å². The molecule has 0 radical (unpaired) electrons. The average molecular weight is 437 g/mol. The number of benzene rings is 2. The van der Waals surface area contributed by atoms with Crippen LogP contribution in [0.3, 0.4) is 0 Å². The third kappa shape index (κ3) is 5.40. The number of nitrogens with zero attached hydrogens (tertiary/aromatic N) is 2. The first-order valence-corrected chi connectivity index (χ1v) is 10.0. The fourth-order valence-electron chi connectivity index (χ4n) is 3.25. The number of ether oxygens (including phenoxy) is 4. The van der Waals surface area contributed by atoms with Crippen LogP contribution in [0.1, 0.15) is 11.1 Å². The standard InChI is InChI=1S/C24H27N3O5/c1-5-7-17-10-11-19(21(14-17)30-3)32-16-23(28)26-22-12-13-25-27(22)15-18-8-6-9-20(29-2)24(18)31-4/h5-6,8-14H,1,7,15-16H2,2-4H3,(H,26,28). The van der Waals surface area contributed by atoms with Gasteiger partial charge in [0, 0.05) is 11.6 Å². The lowest BCUT2D eigenvalue weighted by atomic mass is 10.1. The SMILES string of the molecule is C=CCc1ccc(OCC(=O)Nc2ccnn2Cc2cccc(OC)c2OC)c(OC)c1. The Morgan fingerprint density at radius 3 is 2.59 bits per heavy atom. The second-order valence-corrected chi connectivity index (χ2v) is 6.84. The van der Waals surface area contributed by atoms with Crippen molar-refractivity contribution < 1.29 is 23.7 Å². The summed E-state index contributed by atoms with van der Waals surface area (Å²) in [7, 11) is 4.73. The lowest BCUT2D eigenvalue weighted by Gasteiger charge is -2.15. The Hall–Kier alpha value is -3.94. The lowest BCUT2D eigenvalue weighted by Crippen LogP contribution is -2.22. The van der Waals surface area contributed by atoms with Gasteiger partial charge in [-0.05, 0) is 30.2 Å². The Balaban J connectivity index is 1.66. The molecule has 0 aliphatic rings. The number of allylic oxidation sites excluding steroid dienone is 1. The van der Waals surface area contributed by atoms with E-state index in [1.54, 1.807) is 44.3 Å². The molecule has 1 amide bonds. The Morgan fingerprint density at radius 2 is 1.88 bits per heavy atom. The molecular formula is C24H27N3O5. The Labute approximate surface area is 187 Å². The van der Waals surface area contributed by atoms with Crippen molar-refractivity contribution in [2.24, 2.45) is 0 Å². The van der Waals surface area contributed by atoms with Crippen molar-refractivity contribution >= 4 is 11.7 Å². The van der Waals surface area contributed by atoms with Crippen LogP contribution in [-0.4, -0.2) is 43.6 Å². The molecule has 32 heavy (non-hydrogen) atoms. The summed E-state index contributed by atoms with van der Waals surface area (Å²) in [6.07, 6.45) is 4.15. The van der Waals surface area contributed by atoms with Crippen LogP contribution in [0.15, 0.2) is 61.3 Å². The Kier molecular flexibility index (Phi) is 7.75. The summed E-state index contributed by atoms with van der Waals surface area (Å²) in [6.45, 7) is 3.95. The molecule has 0 aliphatic heterocycles. The van der Waals surface area contributed by atoms with Crippen molar-refractivity contribution in [2.75, 3.05) is 33.3 Å². The van der Waals surface area contributed by atoms with Crippen molar-refractivity contribution in [1.82, 2.24) is 9.78 Å². The molecule has 168 valence electrons. The summed E-state index contributed by atoms with van der Waals surface area (Å²) >= 11 is 0. The van der Waals surface area contributed by atoms with Gasteiger partial charge in [0.1, 0.15) is 5.82 Å². The number of rotatable bonds is 11. The number of para-hydroxylation sites is 1. The van der Waals surface area contributed by atoms with Gasteiger partial charge in [-0.2, -0.15) is 5.10 Å². The molecule has 1 aromatic heterocycles. The average Bonchev–Trinajstić information content (AvgIpc) is 3.24. The predicted molar refractivity (Wildman–Crippen MR) is 122 cm³/mol. The minimum Gasteiger partial charge on any atom is -0.493 e. The number of methoxy groups -OCH3 is 3. The number of nitrogens with one attached hydrogen (secondary N) is 1. The summed E-state index contributed by atoms with van der Waals surface area (Å²) in [5.74, 6) is 2.53. The molecule has 3 rings (SSSR count). The van der Waals surface area contributed by atoms with Crippen LogP contribution in [0.2, 0.25) is 0 Å². The van der Waals surface area contributed by atoms with E-state index in [-0.39, 0.29) is 12.5 Å². The van der Waals surface area contributed by atoms with E-state index in [2.05, 4.69) is 17.0 Å². The van der Waals surface area contributed by atoms with E-state index in [9.17, 15) is 4.79 Å². The molecule has 0 atom stereocenters. The molecule has 8 heteroatoms. The van der Waals surface area contributed by atoms with Crippen LogP contribution in [0.25, 0.3) is 0 Å². The van der Waals surface area contributed by atoms with Crippen molar-refractivity contribution in [2.45, 2.75) is 13.0 Å².